The molecule has 0 amide bonds. The second kappa shape index (κ2) is 5.24. The van der Waals surface area contributed by atoms with Gasteiger partial charge in [-0.25, -0.2) is 4.98 Å². The minimum atomic E-state index is 0.530. The molecule has 0 unspecified atom stereocenters. The Kier molecular flexibility index (Phi) is 3.59. The number of nitrogens with zero attached hydrogens (tertiary/aromatic N) is 3. The van der Waals surface area contributed by atoms with Crippen LogP contribution in [0.1, 0.15) is 31.4 Å². The van der Waals surface area contributed by atoms with E-state index < -0.39 is 0 Å². The largest absolute Gasteiger partial charge is 0.489 e. The fraction of sp³-hybridized carbons (Fsp3) is 0.688. The average molecular weight is 275 g/mol. The molecule has 0 N–H and O–H groups in total. The molecule has 1 aromatic heterocycles. The van der Waals surface area contributed by atoms with Gasteiger partial charge in [-0.3, -0.25) is 4.90 Å². The first-order chi connectivity index (χ1) is 9.58. The molecule has 4 heteroatoms. The van der Waals surface area contributed by atoms with Gasteiger partial charge >= 0.3 is 0 Å². The lowest BCUT2D eigenvalue weighted by atomic mass is 10.1. The molecule has 0 aliphatic carbocycles. The van der Waals surface area contributed by atoms with E-state index in [2.05, 4.69) is 42.5 Å². The predicted molar refractivity (Wildman–Crippen MR) is 81.7 cm³/mol. The number of aromatic nitrogens is 1. The molecule has 110 valence electrons. The van der Waals surface area contributed by atoms with Crippen molar-refractivity contribution in [3.63, 3.8) is 0 Å². The summed E-state index contributed by atoms with van der Waals surface area (Å²) in [6, 6.07) is 1.15. The summed E-state index contributed by atoms with van der Waals surface area (Å²) in [5.41, 5.74) is 2.45. The third kappa shape index (κ3) is 2.26. The van der Waals surface area contributed by atoms with Crippen LogP contribution in [0.25, 0.3) is 0 Å². The molecule has 1 fully saturated rings. The molecule has 0 spiro atoms. The van der Waals surface area contributed by atoms with Crippen LogP contribution in [0.4, 0.5) is 5.82 Å². The number of pyridine rings is 1. The van der Waals surface area contributed by atoms with Crippen LogP contribution in [0.2, 0.25) is 0 Å². The second-order valence-corrected chi connectivity index (χ2v) is 6.29. The number of anilines is 1. The van der Waals surface area contributed by atoms with Crippen LogP contribution in [0.15, 0.2) is 6.20 Å². The zero-order valence-electron chi connectivity index (χ0n) is 13.0. The molecule has 3 rings (SSSR count). The number of piperazine rings is 1. The fourth-order valence-corrected chi connectivity index (χ4v) is 3.21. The van der Waals surface area contributed by atoms with Crippen molar-refractivity contribution in [3.8, 4) is 5.75 Å². The Morgan fingerprint density at radius 3 is 2.85 bits per heavy atom. The van der Waals surface area contributed by atoms with Crippen molar-refractivity contribution in [2.45, 2.75) is 46.2 Å². The minimum Gasteiger partial charge on any atom is -0.489 e. The van der Waals surface area contributed by atoms with Gasteiger partial charge in [0.2, 0.25) is 0 Å². The summed E-state index contributed by atoms with van der Waals surface area (Å²) in [6.07, 6.45) is 3.06. The highest BCUT2D eigenvalue weighted by molar-refractivity contribution is 5.59. The number of fused-ring (bicyclic) bond motifs is 3. The molecule has 2 aliphatic heterocycles. The Bertz CT molecular complexity index is 501. The Morgan fingerprint density at radius 2 is 2.10 bits per heavy atom. The van der Waals surface area contributed by atoms with Gasteiger partial charge in [0.05, 0.1) is 6.61 Å². The van der Waals surface area contributed by atoms with Crippen molar-refractivity contribution in [3.05, 3.63) is 17.3 Å². The van der Waals surface area contributed by atoms with Gasteiger partial charge in [-0.2, -0.15) is 0 Å². The van der Waals surface area contributed by atoms with Crippen LogP contribution >= 0.6 is 0 Å². The zero-order valence-corrected chi connectivity index (χ0v) is 13.0. The quantitative estimate of drug-likeness (QED) is 0.787. The number of hydrogen-bond donors (Lipinski definition) is 0. The average Bonchev–Trinajstić information content (AvgIpc) is 2.61. The van der Waals surface area contributed by atoms with Crippen molar-refractivity contribution in [2.24, 2.45) is 0 Å². The van der Waals surface area contributed by atoms with Gasteiger partial charge in [0.25, 0.3) is 0 Å². The molecule has 1 saturated heterocycles. The van der Waals surface area contributed by atoms with Crippen molar-refractivity contribution in [1.29, 1.82) is 0 Å². The lowest BCUT2D eigenvalue weighted by Crippen LogP contribution is -2.55. The molecule has 4 nitrogen and oxygen atoms in total. The van der Waals surface area contributed by atoms with E-state index in [1.807, 2.05) is 6.20 Å². The number of aryl methyl sites for hydroxylation is 1. The van der Waals surface area contributed by atoms with Gasteiger partial charge in [-0.15, -0.1) is 0 Å². The highest BCUT2D eigenvalue weighted by atomic mass is 16.5. The topological polar surface area (TPSA) is 28.6 Å². The molecule has 0 saturated carbocycles. The van der Waals surface area contributed by atoms with E-state index in [0.29, 0.717) is 12.1 Å². The predicted octanol–water partition coefficient (Wildman–Crippen LogP) is 2.38. The molecule has 1 atom stereocenters. The molecular weight excluding hydrogens is 250 g/mol. The van der Waals surface area contributed by atoms with E-state index in [1.54, 1.807) is 0 Å². The summed E-state index contributed by atoms with van der Waals surface area (Å²) >= 11 is 0. The second-order valence-electron chi connectivity index (χ2n) is 6.29. The first-order valence-corrected chi connectivity index (χ1v) is 7.67. The van der Waals surface area contributed by atoms with Crippen molar-refractivity contribution in [1.82, 2.24) is 9.88 Å². The first kappa shape index (κ1) is 13.7. The summed E-state index contributed by atoms with van der Waals surface area (Å²) in [7, 11) is 0. The van der Waals surface area contributed by atoms with Crippen molar-refractivity contribution < 1.29 is 4.74 Å². The van der Waals surface area contributed by atoms with E-state index in [9.17, 15) is 0 Å². The third-order valence-electron chi connectivity index (χ3n) is 4.73. The van der Waals surface area contributed by atoms with E-state index in [0.717, 1.165) is 44.2 Å². The van der Waals surface area contributed by atoms with E-state index >= 15 is 0 Å². The zero-order chi connectivity index (χ0) is 14.3. The summed E-state index contributed by atoms with van der Waals surface area (Å²) in [5, 5.41) is 0. The molecule has 2 aliphatic rings. The summed E-state index contributed by atoms with van der Waals surface area (Å²) in [6.45, 7) is 12.9. The van der Waals surface area contributed by atoms with Gasteiger partial charge in [-0.05, 0) is 38.8 Å². The van der Waals surface area contributed by atoms with Gasteiger partial charge in [0, 0.05) is 44.3 Å². The maximum atomic E-state index is 6.03. The maximum absolute atomic E-state index is 6.03. The van der Waals surface area contributed by atoms with E-state index in [4.69, 9.17) is 4.74 Å². The van der Waals surface area contributed by atoms with Gasteiger partial charge < -0.3 is 9.64 Å². The molecule has 3 heterocycles. The van der Waals surface area contributed by atoms with Gasteiger partial charge in [0.15, 0.2) is 11.6 Å². The van der Waals surface area contributed by atoms with Crippen LogP contribution < -0.4 is 9.64 Å². The van der Waals surface area contributed by atoms with E-state index in [-0.39, 0.29) is 0 Å². The Morgan fingerprint density at radius 1 is 1.30 bits per heavy atom. The molecule has 1 aromatic rings. The highest BCUT2D eigenvalue weighted by Gasteiger charge is 2.33. The maximum Gasteiger partial charge on any atom is 0.172 e. The summed E-state index contributed by atoms with van der Waals surface area (Å²) in [5.74, 6) is 2.06. The minimum absolute atomic E-state index is 0.530. The SMILES string of the molecule is Cc1cnc2c(c1C)OCC[C@H]1CN(C(C)C)CCN21. The Hall–Kier alpha value is -1.29. The lowest BCUT2D eigenvalue weighted by Gasteiger charge is -2.42. The summed E-state index contributed by atoms with van der Waals surface area (Å²) < 4.78 is 6.03. The molecular formula is C16H25N3O. The number of rotatable bonds is 1. The van der Waals surface area contributed by atoms with Crippen LogP contribution in [-0.2, 0) is 0 Å². The van der Waals surface area contributed by atoms with Crippen LogP contribution in [0.5, 0.6) is 5.75 Å². The summed E-state index contributed by atoms with van der Waals surface area (Å²) in [4.78, 5) is 9.70. The monoisotopic (exact) mass is 275 g/mol. The standard InChI is InChI=1S/C16H25N3O/c1-11(2)18-6-7-19-14(10-18)5-8-20-15-13(4)12(3)9-17-16(15)19/h9,11,14H,5-8,10H2,1-4H3/t14-/m0/s1. The van der Waals surface area contributed by atoms with Gasteiger partial charge in [0.1, 0.15) is 0 Å². The third-order valence-corrected chi connectivity index (χ3v) is 4.73. The fourth-order valence-electron chi connectivity index (χ4n) is 3.21. The van der Waals surface area contributed by atoms with E-state index in [1.165, 1.54) is 11.1 Å². The van der Waals surface area contributed by atoms with Crippen molar-refractivity contribution >= 4 is 5.82 Å². The van der Waals surface area contributed by atoms with Crippen LogP contribution in [-0.4, -0.2) is 48.2 Å². The Labute approximate surface area is 121 Å². The normalized spacial score (nSPS) is 23.1. The molecule has 20 heavy (non-hydrogen) atoms. The number of ether oxygens (including phenoxy) is 1. The molecule has 0 radical (unpaired) electrons. The van der Waals surface area contributed by atoms with Crippen molar-refractivity contribution in [2.75, 3.05) is 31.1 Å². The molecule has 0 bridgehead atoms. The van der Waals surface area contributed by atoms with Crippen LogP contribution in [0.3, 0.4) is 0 Å². The smallest absolute Gasteiger partial charge is 0.172 e. The number of hydrogen-bond acceptors (Lipinski definition) is 4. The van der Waals surface area contributed by atoms with Gasteiger partial charge in [-0.1, -0.05) is 0 Å². The molecule has 0 aromatic carbocycles. The lowest BCUT2D eigenvalue weighted by molar-refractivity contribution is 0.172. The highest BCUT2D eigenvalue weighted by Crippen LogP contribution is 2.36. The Balaban J connectivity index is 1.93. The first-order valence-electron chi connectivity index (χ1n) is 7.67. The van der Waals surface area contributed by atoms with Crippen LogP contribution in [0, 0.1) is 13.8 Å².